The fourth-order valence-corrected chi connectivity index (χ4v) is 5.70. The first-order valence-electron chi connectivity index (χ1n) is 9.73. The molecule has 0 aliphatic carbocycles. The van der Waals surface area contributed by atoms with Crippen LogP contribution in [0.25, 0.3) is 0 Å². The molecule has 2 heterocycles. The predicted octanol–water partition coefficient (Wildman–Crippen LogP) is 4.10. The molecule has 0 atom stereocenters. The SMILES string of the molecule is OS1(O)N(CCCNC2CCNCC2)c2ccccc2N1c1ccccc1F. The molecule has 6 nitrogen and oxygen atoms in total. The summed E-state index contributed by atoms with van der Waals surface area (Å²) in [5, 5.41) is 6.90. The van der Waals surface area contributed by atoms with Gasteiger partial charge in [0.2, 0.25) is 0 Å². The van der Waals surface area contributed by atoms with Gasteiger partial charge >= 0.3 is 0 Å². The smallest absolute Gasteiger partial charge is 0.148 e. The van der Waals surface area contributed by atoms with E-state index in [1.54, 1.807) is 28.6 Å². The second kappa shape index (κ2) is 8.26. The number of hydrogen-bond donors (Lipinski definition) is 4. The zero-order valence-corrected chi connectivity index (χ0v) is 16.5. The topological polar surface area (TPSA) is 71.0 Å². The van der Waals surface area contributed by atoms with Gasteiger partial charge in [-0.2, -0.15) is 0 Å². The summed E-state index contributed by atoms with van der Waals surface area (Å²) in [6.07, 6.45) is 2.99. The maximum Gasteiger partial charge on any atom is 0.148 e. The fourth-order valence-electron chi connectivity index (χ4n) is 3.89. The monoisotopic (exact) mass is 406 g/mol. The molecule has 152 valence electrons. The van der Waals surface area contributed by atoms with Crippen molar-refractivity contribution in [2.45, 2.75) is 25.3 Å². The maximum absolute atomic E-state index is 14.4. The van der Waals surface area contributed by atoms with E-state index in [1.807, 2.05) is 18.2 Å². The van der Waals surface area contributed by atoms with Crippen molar-refractivity contribution in [1.29, 1.82) is 0 Å². The molecule has 2 aliphatic heterocycles. The first-order chi connectivity index (χ1) is 13.6. The summed E-state index contributed by atoms with van der Waals surface area (Å²) in [6, 6.07) is 14.0. The zero-order valence-electron chi connectivity index (χ0n) is 15.7. The third kappa shape index (κ3) is 3.70. The van der Waals surface area contributed by atoms with Crippen molar-refractivity contribution in [3.05, 3.63) is 54.3 Å². The number of para-hydroxylation sites is 3. The molecule has 0 radical (unpaired) electrons. The fraction of sp³-hybridized carbons (Fsp3) is 0.400. The molecule has 0 unspecified atom stereocenters. The van der Waals surface area contributed by atoms with E-state index in [4.69, 9.17) is 0 Å². The molecular weight excluding hydrogens is 379 g/mol. The van der Waals surface area contributed by atoms with Gasteiger partial charge in [-0.1, -0.05) is 24.3 Å². The minimum absolute atomic E-state index is 0.172. The van der Waals surface area contributed by atoms with E-state index in [0.29, 0.717) is 24.0 Å². The molecule has 4 N–H and O–H groups in total. The van der Waals surface area contributed by atoms with E-state index in [9.17, 15) is 13.5 Å². The van der Waals surface area contributed by atoms with Crippen LogP contribution in [0.4, 0.5) is 21.5 Å². The average Bonchev–Trinajstić information content (AvgIpc) is 2.93. The highest BCUT2D eigenvalue weighted by Crippen LogP contribution is 2.64. The van der Waals surface area contributed by atoms with Crippen LogP contribution in [0.15, 0.2) is 48.5 Å². The molecule has 8 heteroatoms. The van der Waals surface area contributed by atoms with Crippen LogP contribution >= 0.6 is 11.0 Å². The van der Waals surface area contributed by atoms with Gasteiger partial charge < -0.3 is 10.6 Å². The average molecular weight is 407 g/mol. The number of nitrogens with zero attached hydrogens (tertiary/aromatic N) is 2. The summed E-state index contributed by atoms with van der Waals surface area (Å²) in [6.45, 7) is 3.35. The van der Waals surface area contributed by atoms with Crippen molar-refractivity contribution in [2.24, 2.45) is 0 Å². The Morgan fingerprint density at radius 2 is 1.64 bits per heavy atom. The summed E-state index contributed by atoms with van der Waals surface area (Å²) in [7, 11) is -3.38. The molecule has 0 bridgehead atoms. The number of nitrogens with one attached hydrogen (secondary N) is 2. The minimum atomic E-state index is -3.38. The second-order valence-electron chi connectivity index (χ2n) is 7.16. The number of piperidine rings is 1. The second-order valence-corrected chi connectivity index (χ2v) is 8.94. The Morgan fingerprint density at radius 1 is 1.00 bits per heavy atom. The van der Waals surface area contributed by atoms with E-state index in [0.717, 1.165) is 38.9 Å². The lowest BCUT2D eigenvalue weighted by Crippen LogP contribution is -2.41. The van der Waals surface area contributed by atoms with Gasteiger partial charge in [-0.05, 0) is 74.1 Å². The lowest BCUT2D eigenvalue weighted by molar-refractivity contribution is 0.386. The molecule has 1 fully saturated rings. The maximum atomic E-state index is 14.4. The number of rotatable bonds is 6. The quantitative estimate of drug-likeness (QED) is 0.542. The van der Waals surface area contributed by atoms with Crippen molar-refractivity contribution < 1.29 is 13.5 Å². The van der Waals surface area contributed by atoms with Crippen LogP contribution in [0.2, 0.25) is 0 Å². The van der Waals surface area contributed by atoms with Crippen molar-refractivity contribution >= 4 is 28.0 Å². The van der Waals surface area contributed by atoms with E-state index in [1.165, 1.54) is 10.4 Å². The third-order valence-electron chi connectivity index (χ3n) is 5.29. The Hall–Kier alpha value is -1.84. The van der Waals surface area contributed by atoms with Gasteiger partial charge in [-0.25, -0.2) is 8.70 Å². The number of anilines is 3. The number of fused-ring (bicyclic) bond motifs is 1. The van der Waals surface area contributed by atoms with Crippen LogP contribution in [0.5, 0.6) is 0 Å². The zero-order chi connectivity index (χ0) is 19.6. The molecule has 2 aromatic rings. The van der Waals surface area contributed by atoms with Gasteiger partial charge in [-0.3, -0.25) is 13.4 Å². The van der Waals surface area contributed by atoms with Gasteiger partial charge in [0.05, 0.1) is 11.4 Å². The molecule has 1 saturated heterocycles. The van der Waals surface area contributed by atoms with E-state index < -0.39 is 16.8 Å². The Bertz CT molecular complexity index is 816. The highest BCUT2D eigenvalue weighted by atomic mass is 32.3. The van der Waals surface area contributed by atoms with E-state index >= 15 is 0 Å². The van der Waals surface area contributed by atoms with Crippen molar-refractivity contribution in [1.82, 2.24) is 10.6 Å². The summed E-state index contributed by atoms with van der Waals surface area (Å²) >= 11 is 0. The minimum Gasteiger partial charge on any atom is -0.317 e. The number of halogens is 1. The van der Waals surface area contributed by atoms with Crippen LogP contribution < -0.4 is 19.2 Å². The van der Waals surface area contributed by atoms with Crippen LogP contribution in [0.3, 0.4) is 0 Å². The van der Waals surface area contributed by atoms with Crippen LogP contribution in [-0.2, 0) is 0 Å². The third-order valence-corrected chi connectivity index (χ3v) is 7.15. The highest BCUT2D eigenvalue weighted by molar-refractivity contribution is 8.27. The Labute approximate surface area is 167 Å². The van der Waals surface area contributed by atoms with Gasteiger partial charge in [0, 0.05) is 12.6 Å². The lowest BCUT2D eigenvalue weighted by atomic mass is 10.1. The van der Waals surface area contributed by atoms with Crippen molar-refractivity contribution in [3.63, 3.8) is 0 Å². The predicted molar refractivity (Wildman–Crippen MR) is 114 cm³/mol. The molecule has 0 amide bonds. The Kier molecular flexibility index (Phi) is 5.75. The highest BCUT2D eigenvalue weighted by Gasteiger charge is 2.42. The molecule has 0 spiro atoms. The Morgan fingerprint density at radius 3 is 2.36 bits per heavy atom. The van der Waals surface area contributed by atoms with Crippen molar-refractivity contribution in [3.8, 4) is 0 Å². The molecular formula is C20H27FN4O2S. The molecule has 0 aromatic heterocycles. The molecule has 2 aromatic carbocycles. The van der Waals surface area contributed by atoms with Crippen LogP contribution in [-0.4, -0.2) is 41.3 Å². The van der Waals surface area contributed by atoms with Gasteiger partial charge in [0.25, 0.3) is 0 Å². The lowest BCUT2D eigenvalue weighted by Gasteiger charge is -2.43. The van der Waals surface area contributed by atoms with Gasteiger partial charge in [0.1, 0.15) is 11.5 Å². The summed E-state index contributed by atoms with van der Waals surface area (Å²) in [5.74, 6) is -0.480. The summed E-state index contributed by atoms with van der Waals surface area (Å²) in [4.78, 5) is 0. The van der Waals surface area contributed by atoms with Gasteiger partial charge in [-0.15, -0.1) is 0 Å². The van der Waals surface area contributed by atoms with E-state index in [2.05, 4.69) is 10.6 Å². The number of benzene rings is 2. The molecule has 28 heavy (non-hydrogen) atoms. The van der Waals surface area contributed by atoms with E-state index in [-0.39, 0.29) is 5.69 Å². The summed E-state index contributed by atoms with van der Waals surface area (Å²) in [5.41, 5.74) is 1.50. The molecule has 2 aliphatic rings. The molecule has 4 rings (SSSR count). The summed E-state index contributed by atoms with van der Waals surface area (Å²) < 4.78 is 39.5. The number of hydrogen-bond acceptors (Lipinski definition) is 6. The van der Waals surface area contributed by atoms with Gasteiger partial charge in [0.15, 0.2) is 0 Å². The molecule has 0 saturated carbocycles. The largest absolute Gasteiger partial charge is 0.317 e. The normalized spacial score (nSPS) is 20.2. The Balaban J connectivity index is 1.50. The van der Waals surface area contributed by atoms with Crippen molar-refractivity contribution in [2.75, 3.05) is 34.8 Å². The first-order valence-corrected chi connectivity index (χ1v) is 11.2. The van der Waals surface area contributed by atoms with Crippen LogP contribution in [0, 0.1) is 5.82 Å². The standard InChI is InChI=1S/C20H27FN4O2S/c21-17-6-1-2-7-18(17)25-20-9-4-3-8-19(20)24(28(25,26)27)15-5-12-23-16-10-13-22-14-11-16/h1-4,6-9,16,22-23,26-27H,5,10-15H2. The van der Waals surface area contributed by atoms with Crippen LogP contribution in [0.1, 0.15) is 19.3 Å². The first kappa shape index (κ1) is 19.5.